The maximum Gasteiger partial charge on any atom is 0.338 e. The molecule has 0 N–H and O–H groups in total. The zero-order valence-electron chi connectivity index (χ0n) is 18.1. The number of ether oxygens (including phenoxy) is 1. The Labute approximate surface area is 199 Å². The van der Waals surface area contributed by atoms with E-state index in [1.165, 1.54) is 10.8 Å². The molecular formula is C25H20ClN3O5. The van der Waals surface area contributed by atoms with Crippen molar-refractivity contribution in [2.24, 2.45) is 0 Å². The Kier molecular flexibility index (Phi) is 5.90. The molecule has 1 aliphatic rings. The van der Waals surface area contributed by atoms with Crippen molar-refractivity contribution in [1.82, 2.24) is 9.55 Å². The van der Waals surface area contributed by atoms with Crippen molar-refractivity contribution in [3.8, 4) is 0 Å². The minimum atomic E-state index is -0.614. The van der Waals surface area contributed by atoms with Gasteiger partial charge < -0.3 is 14.1 Å². The second-order valence-corrected chi connectivity index (χ2v) is 8.31. The summed E-state index contributed by atoms with van der Waals surface area (Å²) in [6.07, 6.45) is 2.72. The van der Waals surface area contributed by atoms with E-state index in [9.17, 15) is 14.4 Å². The zero-order valence-corrected chi connectivity index (χ0v) is 18.8. The number of amides is 1. The maximum absolute atomic E-state index is 13.1. The number of anilines is 1. The Balaban J connectivity index is 1.43. The van der Waals surface area contributed by atoms with Crippen LogP contribution in [-0.4, -0.2) is 28.0 Å². The average Bonchev–Trinajstić information content (AvgIpc) is 3.51. The van der Waals surface area contributed by atoms with Crippen LogP contribution in [0, 0.1) is 0 Å². The number of benzene rings is 2. The predicted molar refractivity (Wildman–Crippen MR) is 126 cm³/mol. The van der Waals surface area contributed by atoms with E-state index in [4.69, 9.17) is 20.8 Å². The number of hydrogen-bond donors (Lipinski definition) is 0. The summed E-state index contributed by atoms with van der Waals surface area (Å²) in [5.41, 5.74) is 0.988. The van der Waals surface area contributed by atoms with E-state index in [-0.39, 0.29) is 36.0 Å². The molecule has 34 heavy (non-hydrogen) atoms. The van der Waals surface area contributed by atoms with E-state index >= 15 is 0 Å². The lowest BCUT2D eigenvalue weighted by Gasteiger charge is -2.18. The average molecular weight is 478 g/mol. The van der Waals surface area contributed by atoms with E-state index in [1.54, 1.807) is 59.5 Å². The molecule has 4 aromatic rings. The molecule has 1 saturated heterocycles. The molecule has 0 radical (unpaired) electrons. The van der Waals surface area contributed by atoms with E-state index in [1.807, 2.05) is 0 Å². The van der Waals surface area contributed by atoms with Crippen LogP contribution in [-0.2, 0) is 22.7 Å². The standard InChI is InChI=1S/C25H20ClN3O5/c26-19-10-9-16(13-21(19)28-11-3-8-23(28)30)25(32)34-15-22-27-20-7-2-1-6-18(20)24(31)29(22)14-17-5-4-12-33-17/h1-2,4-7,9-10,12-13H,3,8,11,14-15H2. The molecule has 1 fully saturated rings. The first kappa shape index (κ1) is 21.9. The largest absolute Gasteiger partial charge is 0.467 e. The first-order valence-corrected chi connectivity index (χ1v) is 11.2. The summed E-state index contributed by atoms with van der Waals surface area (Å²) in [5, 5.41) is 0.844. The molecule has 0 aliphatic carbocycles. The van der Waals surface area contributed by atoms with Gasteiger partial charge >= 0.3 is 5.97 Å². The maximum atomic E-state index is 13.1. The van der Waals surface area contributed by atoms with Crippen LogP contribution < -0.4 is 10.5 Å². The highest BCUT2D eigenvalue weighted by molar-refractivity contribution is 6.34. The third kappa shape index (κ3) is 4.20. The van der Waals surface area contributed by atoms with Gasteiger partial charge in [0.05, 0.1) is 40.0 Å². The summed E-state index contributed by atoms with van der Waals surface area (Å²) in [7, 11) is 0. The monoisotopic (exact) mass is 477 g/mol. The summed E-state index contributed by atoms with van der Waals surface area (Å²) >= 11 is 6.28. The first-order chi connectivity index (χ1) is 16.5. The highest BCUT2D eigenvalue weighted by Gasteiger charge is 2.25. The third-order valence-electron chi connectivity index (χ3n) is 5.71. The number of nitrogens with zero attached hydrogens (tertiary/aromatic N) is 3. The van der Waals surface area contributed by atoms with Crippen molar-refractivity contribution in [3.05, 3.63) is 93.4 Å². The van der Waals surface area contributed by atoms with Gasteiger partial charge in [-0.25, -0.2) is 9.78 Å². The minimum absolute atomic E-state index is 0.0327. The summed E-state index contributed by atoms with van der Waals surface area (Å²) < 4.78 is 12.4. The van der Waals surface area contributed by atoms with Crippen molar-refractivity contribution in [2.75, 3.05) is 11.4 Å². The fourth-order valence-electron chi connectivity index (χ4n) is 4.01. The molecule has 0 spiro atoms. The fourth-order valence-corrected chi connectivity index (χ4v) is 4.23. The number of fused-ring (bicyclic) bond motifs is 1. The third-order valence-corrected chi connectivity index (χ3v) is 6.03. The van der Waals surface area contributed by atoms with Gasteiger partial charge in [0.25, 0.3) is 5.56 Å². The highest BCUT2D eigenvalue weighted by Crippen LogP contribution is 2.30. The molecule has 0 saturated carbocycles. The molecule has 1 aliphatic heterocycles. The summed E-state index contributed by atoms with van der Waals surface area (Å²) in [4.78, 5) is 44.3. The van der Waals surface area contributed by atoms with Crippen LogP contribution >= 0.6 is 11.6 Å². The van der Waals surface area contributed by atoms with E-state index in [2.05, 4.69) is 4.98 Å². The number of aromatic nitrogens is 2. The van der Waals surface area contributed by atoms with Crippen LogP contribution in [0.3, 0.4) is 0 Å². The molecule has 8 nitrogen and oxygen atoms in total. The lowest BCUT2D eigenvalue weighted by atomic mass is 10.2. The van der Waals surface area contributed by atoms with Gasteiger partial charge in [-0.05, 0) is 48.9 Å². The van der Waals surface area contributed by atoms with Crippen LogP contribution in [0.15, 0.2) is 70.1 Å². The van der Waals surface area contributed by atoms with E-state index in [0.29, 0.717) is 40.3 Å². The number of furan rings is 1. The van der Waals surface area contributed by atoms with Crippen LogP contribution in [0.25, 0.3) is 10.9 Å². The molecule has 0 unspecified atom stereocenters. The van der Waals surface area contributed by atoms with Gasteiger partial charge in [-0.2, -0.15) is 0 Å². The van der Waals surface area contributed by atoms with Crippen molar-refractivity contribution in [2.45, 2.75) is 26.0 Å². The zero-order chi connectivity index (χ0) is 23.7. The lowest BCUT2D eigenvalue weighted by molar-refractivity contribution is -0.117. The Hall–Kier alpha value is -3.91. The second kappa shape index (κ2) is 9.15. The Morgan fingerprint density at radius 3 is 2.74 bits per heavy atom. The van der Waals surface area contributed by atoms with E-state index in [0.717, 1.165) is 6.42 Å². The Morgan fingerprint density at radius 2 is 1.97 bits per heavy atom. The predicted octanol–water partition coefficient (Wildman–Crippen LogP) is 4.18. The number of rotatable bonds is 6. The topological polar surface area (TPSA) is 94.6 Å². The molecule has 2 aromatic carbocycles. The summed E-state index contributed by atoms with van der Waals surface area (Å²) in [5.74, 6) is 0.216. The lowest BCUT2D eigenvalue weighted by Crippen LogP contribution is -2.27. The second-order valence-electron chi connectivity index (χ2n) is 7.91. The smallest absolute Gasteiger partial charge is 0.338 e. The Morgan fingerprint density at radius 1 is 1.12 bits per heavy atom. The number of para-hydroxylation sites is 1. The SMILES string of the molecule is O=C(OCc1nc2ccccc2c(=O)n1Cc1ccco1)c1ccc(Cl)c(N2CCCC2=O)c1. The summed E-state index contributed by atoms with van der Waals surface area (Å²) in [6, 6.07) is 15.1. The molecule has 3 heterocycles. The number of hydrogen-bond acceptors (Lipinski definition) is 6. The van der Waals surface area contributed by atoms with Gasteiger partial charge in [0.15, 0.2) is 5.82 Å². The van der Waals surface area contributed by atoms with Gasteiger partial charge in [0.1, 0.15) is 12.4 Å². The van der Waals surface area contributed by atoms with Gasteiger partial charge in [-0.15, -0.1) is 0 Å². The molecular weight excluding hydrogens is 458 g/mol. The fraction of sp³-hybridized carbons (Fsp3) is 0.200. The molecule has 2 aromatic heterocycles. The van der Waals surface area contributed by atoms with Crippen LogP contribution in [0.1, 0.15) is 34.8 Å². The summed E-state index contributed by atoms with van der Waals surface area (Å²) in [6.45, 7) is 0.482. The van der Waals surface area contributed by atoms with Crippen molar-refractivity contribution >= 4 is 40.1 Å². The molecule has 5 rings (SSSR count). The quantitative estimate of drug-likeness (QED) is 0.387. The molecule has 0 atom stereocenters. The van der Waals surface area contributed by atoms with Crippen molar-refractivity contribution < 1.29 is 18.7 Å². The number of halogens is 1. The normalized spacial score (nSPS) is 13.6. The van der Waals surface area contributed by atoms with Crippen LogP contribution in [0.4, 0.5) is 5.69 Å². The minimum Gasteiger partial charge on any atom is -0.467 e. The van der Waals surface area contributed by atoms with Gasteiger partial charge in [-0.1, -0.05) is 23.7 Å². The number of carbonyl (C=O) groups excluding carboxylic acids is 2. The number of esters is 1. The van der Waals surface area contributed by atoms with Crippen LogP contribution in [0.5, 0.6) is 0 Å². The molecule has 1 amide bonds. The molecule has 9 heteroatoms. The van der Waals surface area contributed by atoms with Crippen molar-refractivity contribution in [1.29, 1.82) is 0 Å². The van der Waals surface area contributed by atoms with Gasteiger partial charge in [0, 0.05) is 13.0 Å². The molecule has 0 bridgehead atoms. The van der Waals surface area contributed by atoms with Gasteiger partial charge in [0.2, 0.25) is 5.91 Å². The highest BCUT2D eigenvalue weighted by atomic mass is 35.5. The first-order valence-electron chi connectivity index (χ1n) is 10.8. The molecule has 172 valence electrons. The van der Waals surface area contributed by atoms with Crippen molar-refractivity contribution in [3.63, 3.8) is 0 Å². The Bertz CT molecular complexity index is 1440. The number of carbonyl (C=O) groups is 2. The van der Waals surface area contributed by atoms with Gasteiger partial charge in [-0.3, -0.25) is 14.2 Å². The van der Waals surface area contributed by atoms with Crippen LogP contribution in [0.2, 0.25) is 5.02 Å². The van der Waals surface area contributed by atoms with E-state index < -0.39 is 5.97 Å².